The molecule has 3 atom stereocenters. The van der Waals surface area contributed by atoms with Crippen molar-refractivity contribution in [3.05, 3.63) is 17.1 Å². The maximum atomic E-state index is 4.75. The Kier molecular flexibility index (Phi) is 5.01. The number of aryl methyl sites for hydroxylation is 1. The van der Waals surface area contributed by atoms with Crippen LogP contribution in [0.1, 0.15) is 43.1 Å². The Morgan fingerprint density at radius 3 is 2.58 bits per heavy atom. The van der Waals surface area contributed by atoms with Crippen LogP contribution < -0.4 is 5.32 Å². The zero-order valence-corrected chi connectivity index (χ0v) is 14.0. The fraction of sp³-hybridized carbons (Fsp3) is 0.714. The van der Waals surface area contributed by atoms with Gasteiger partial charge in [-0.3, -0.25) is 0 Å². The molecule has 1 aliphatic rings. The predicted octanol–water partition coefficient (Wildman–Crippen LogP) is 3.82. The van der Waals surface area contributed by atoms with Crippen LogP contribution >= 0.6 is 23.5 Å². The first-order valence-corrected chi connectivity index (χ1v) is 8.88. The molecule has 0 saturated carbocycles. The molecule has 1 fully saturated rings. The van der Waals surface area contributed by atoms with Gasteiger partial charge in [0.05, 0.1) is 5.25 Å². The van der Waals surface area contributed by atoms with Crippen LogP contribution in [0.2, 0.25) is 0 Å². The highest BCUT2D eigenvalue weighted by Crippen LogP contribution is 2.43. The van der Waals surface area contributed by atoms with Gasteiger partial charge in [0, 0.05) is 34.1 Å². The summed E-state index contributed by atoms with van der Waals surface area (Å²) in [5, 5.41) is 5.16. The lowest BCUT2D eigenvalue weighted by Gasteiger charge is -2.30. The molecular weight excluding hydrogens is 274 g/mol. The van der Waals surface area contributed by atoms with Crippen molar-refractivity contribution in [2.75, 3.05) is 17.6 Å². The minimum Gasteiger partial charge on any atom is -0.370 e. The molecule has 5 heteroatoms. The first-order valence-electron chi connectivity index (χ1n) is 6.89. The van der Waals surface area contributed by atoms with E-state index in [2.05, 4.69) is 39.9 Å². The summed E-state index contributed by atoms with van der Waals surface area (Å²) < 4.78 is 0. The van der Waals surface area contributed by atoms with Gasteiger partial charge in [0.25, 0.3) is 0 Å². The zero-order valence-electron chi connectivity index (χ0n) is 12.4. The van der Waals surface area contributed by atoms with E-state index in [0.29, 0.717) is 10.5 Å². The van der Waals surface area contributed by atoms with Gasteiger partial charge in [-0.2, -0.15) is 11.8 Å². The van der Waals surface area contributed by atoms with E-state index in [1.807, 2.05) is 23.5 Å². The number of hydrogen-bond acceptors (Lipinski definition) is 5. The van der Waals surface area contributed by atoms with Crippen molar-refractivity contribution in [2.45, 2.75) is 50.4 Å². The Balaban J connectivity index is 2.25. The average molecular weight is 297 g/mol. The van der Waals surface area contributed by atoms with Gasteiger partial charge in [0.15, 0.2) is 0 Å². The Hall–Kier alpha value is -0.420. The highest BCUT2D eigenvalue weighted by molar-refractivity contribution is 8.07. The van der Waals surface area contributed by atoms with Crippen molar-refractivity contribution < 1.29 is 0 Å². The third kappa shape index (κ3) is 3.37. The van der Waals surface area contributed by atoms with Crippen LogP contribution in [0.5, 0.6) is 0 Å². The van der Waals surface area contributed by atoms with Gasteiger partial charge in [-0.25, -0.2) is 9.97 Å². The molecule has 0 spiro atoms. The number of thioether (sulfide) groups is 2. The lowest BCUT2D eigenvalue weighted by atomic mass is 10.2. The molecule has 0 aromatic carbocycles. The van der Waals surface area contributed by atoms with Crippen molar-refractivity contribution in [3.8, 4) is 0 Å². The van der Waals surface area contributed by atoms with Gasteiger partial charge < -0.3 is 5.32 Å². The third-order valence-corrected chi connectivity index (χ3v) is 6.98. The molecule has 0 aliphatic carbocycles. The lowest BCUT2D eigenvalue weighted by molar-refractivity contribution is 0.847. The molecule has 1 aliphatic heterocycles. The molecule has 19 heavy (non-hydrogen) atoms. The molecule has 106 valence electrons. The molecule has 2 rings (SSSR count). The highest BCUT2D eigenvalue weighted by atomic mass is 32.2. The van der Waals surface area contributed by atoms with Crippen LogP contribution in [-0.4, -0.2) is 32.8 Å². The van der Waals surface area contributed by atoms with Crippen molar-refractivity contribution in [3.63, 3.8) is 0 Å². The number of hydrogen-bond donors (Lipinski definition) is 1. The van der Waals surface area contributed by atoms with E-state index >= 15 is 0 Å². The lowest BCUT2D eigenvalue weighted by Crippen LogP contribution is -2.23. The van der Waals surface area contributed by atoms with E-state index in [1.54, 1.807) is 0 Å². The van der Waals surface area contributed by atoms with Gasteiger partial charge in [-0.05, 0) is 20.8 Å². The smallest absolute Gasteiger partial charge is 0.144 e. The summed E-state index contributed by atoms with van der Waals surface area (Å²) in [6.45, 7) is 11.8. The number of aromatic nitrogens is 2. The molecule has 3 nitrogen and oxygen atoms in total. The minimum absolute atomic E-state index is 0.424. The number of nitrogens with one attached hydrogen (secondary N) is 1. The maximum Gasteiger partial charge on any atom is 0.144 e. The number of nitrogens with zero attached hydrogens (tertiary/aromatic N) is 2. The Bertz CT molecular complexity index is 451. The first kappa shape index (κ1) is 15.0. The van der Waals surface area contributed by atoms with Crippen LogP contribution in [0.15, 0.2) is 0 Å². The molecule has 3 unspecified atom stereocenters. The second-order valence-electron chi connectivity index (χ2n) is 5.04. The van der Waals surface area contributed by atoms with Crippen molar-refractivity contribution in [1.29, 1.82) is 0 Å². The molecule has 1 N–H and O–H groups in total. The molecule has 2 heterocycles. The van der Waals surface area contributed by atoms with Gasteiger partial charge in [-0.1, -0.05) is 13.8 Å². The zero-order chi connectivity index (χ0) is 14.0. The monoisotopic (exact) mass is 297 g/mol. The van der Waals surface area contributed by atoms with Gasteiger partial charge in [-0.15, -0.1) is 11.8 Å². The van der Waals surface area contributed by atoms with Crippen molar-refractivity contribution in [2.24, 2.45) is 0 Å². The molecule has 1 saturated heterocycles. The van der Waals surface area contributed by atoms with Gasteiger partial charge in [0.1, 0.15) is 11.6 Å². The molecule has 1 aromatic heterocycles. The Morgan fingerprint density at radius 2 is 1.95 bits per heavy atom. The predicted molar refractivity (Wildman–Crippen MR) is 87.4 cm³/mol. The van der Waals surface area contributed by atoms with Crippen molar-refractivity contribution in [1.82, 2.24) is 9.97 Å². The van der Waals surface area contributed by atoms with Crippen LogP contribution in [0.4, 0.5) is 5.82 Å². The summed E-state index contributed by atoms with van der Waals surface area (Å²) in [5.41, 5.74) is 2.26. The SMILES string of the molecule is CCNc1nc(C2CSC(C)C(C)S2)nc(C)c1C. The highest BCUT2D eigenvalue weighted by Gasteiger charge is 2.29. The summed E-state index contributed by atoms with van der Waals surface area (Å²) in [4.78, 5) is 9.46. The Morgan fingerprint density at radius 1 is 1.21 bits per heavy atom. The molecule has 0 bridgehead atoms. The maximum absolute atomic E-state index is 4.75. The largest absolute Gasteiger partial charge is 0.370 e. The van der Waals surface area contributed by atoms with E-state index in [0.717, 1.165) is 34.9 Å². The fourth-order valence-corrected chi connectivity index (χ4v) is 4.90. The summed E-state index contributed by atoms with van der Waals surface area (Å²) in [6, 6.07) is 0. The normalized spacial score (nSPS) is 27.3. The number of rotatable bonds is 3. The van der Waals surface area contributed by atoms with Gasteiger partial charge >= 0.3 is 0 Å². The van der Waals surface area contributed by atoms with Crippen LogP contribution in [-0.2, 0) is 0 Å². The van der Waals surface area contributed by atoms with E-state index < -0.39 is 0 Å². The standard InChI is InChI=1S/C14H23N3S2/c1-6-15-13-8(2)9(3)16-14(17-13)12-7-18-10(4)11(5)19-12/h10-12H,6-7H2,1-5H3,(H,15,16,17). The molecule has 0 radical (unpaired) electrons. The van der Waals surface area contributed by atoms with E-state index in [1.165, 1.54) is 5.56 Å². The van der Waals surface area contributed by atoms with E-state index in [9.17, 15) is 0 Å². The number of anilines is 1. The molecular formula is C14H23N3S2. The van der Waals surface area contributed by atoms with E-state index in [4.69, 9.17) is 9.97 Å². The fourth-order valence-electron chi connectivity index (χ4n) is 2.05. The average Bonchev–Trinajstić information content (AvgIpc) is 2.38. The Labute approximate surface area is 124 Å². The topological polar surface area (TPSA) is 37.8 Å². The second-order valence-corrected chi connectivity index (χ2v) is 8.03. The first-order chi connectivity index (χ1) is 9.02. The van der Waals surface area contributed by atoms with Crippen LogP contribution in [0, 0.1) is 13.8 Å². The molecule has 0 amide bonds. The molecule has 1 aromatic rings. The van der Waals surface area contributed by atoms with E-state index in [-0.39, 0.29) is 0 Å². The van der Waals surface area contributed by atoms with Crippen molar-refractivity contribution >= 4 is 29.3 Å². The summed E-state index contributed by atoms with van der Waals surface area (Å²) >= 11 is 4.05. The summed E-state index contributed by atoms with van der Waals surface area (Å²) in [7, 11) is 0. The minimum atomic E-state index is 0.424. The third-order valence-electron chi connectivity index (χ3n) is 3.59. The van der Waals surface area contributed by atoms with Gasteiger partial charge in [0.2, 0.25) is 0 Å². The summed E-state index contributed by atoms with van der Waals surface area (Å²) in [6.07, 6.45) is 0. The van der Waals surface area contributed by atoms with Crippen LogP contribution in [0.25, 0.3) is 0 Å². The summed E-state index contributed by atoms with van der Waals surface area (Å²) in [5.74, 6) is 3.11. The quantitative estimate of drug-likeness (QED) is 0.918. The van der Waals surface area contributed by atoms with Crippen LogP contribution in [0.3, 0.4) is 0 Å². The second kappa shape index (κ2) is 6.35.